The van der Waals surface area contributed by atoms with Gasteiger partial charge in [-0.2, -0.15) is 4.98 Å². The summed E-state index contributed by atoms with van der Waals surface area (Å²) in [6.45, 7) is 4.58. The molecule has 3 aromatic rings. The molecule has 0 unspecified atom stereocenters. The number of carbonyl (C=O) groups excluding carboxylic acids is 1. The summed E-state index contributed by atoms with van der Waals surface area (Å²) in [4.78, 5) is 26.1. The van der Waals surface area contributed by atoms with Crippen LogP contribution >= 0.6 is 15.9 Å². The van der Waals surface area contributed by atoms with Gasteiger partial charge in [-0.25, -0.2) is 4.98 Å². The van der Waals surface area contributed by atoms with Gasteiger partial charge >= 0.3 is 0 Å². The molecule has 1 N–H and O–H groups in total. The third-order valence-corrected chi connectivity index (χ3v) is 5.62. The molecule has 8 heteroatoms. The zero-order chi connectivity index (χ0) is 21.8. The van der Waals surface area contributed by atoms with Crippen LogP contribution in [0.15, 0.2) is 59.1 Å². The Kier molecular flexibility index (Phi) is 6.36. The molecule has 0 aliphatic carbocycles. The molecule has 1 saturated heterocycles. The lowest BCUT2D eigenvalue weighted by Gasteiger charge is -2.35. The second-order valence-corrected chi connectivity index (χ2v) is 8.25. The number of hydrogen-bond donors (Lipinski definition) is 1. The van der Waals surface area contributed by atoms with Gasteiger partial charge in [0.1, 0.15) is 11.6 Å². The van der Waals surface area contributed by atoms with E-state index in [1.54, 1.807) is 7.11 Å². The van der Waals surface area contributed by atoms with E-state index in [1.807, 2.05) is 66.4 Å². The molecule has 31 heavy (non-hydrogen) atoms. The van der Waals surface area contributed by atoms with Crippen LogP contribution in [0, 0.1) is 6.92 Å². The maximum absolute atomic E-state index is 12.8. The number of rotatable bonds is 5. The number of nitrogens with zero attached hydrogens (tertiary/aromatic N) is 4. The lowest BCUT2D eigenvalue weighted by Crippen LogP contribution is -2.49. The van der Waals surface area contributed by atoms with Crippen molar-refractivity contribution in [3.05, 3.63) is 70.3 Å². The average molecular weight is 482 g/mol. The van der Waals surface area contributed by atoms with Crippen molar-refractivity contribution in [3.63, 3.8) is 0 Å². The quantitative estimate of drug-likeness (QED) is 0.586. The molecule has 2 aromatic carbocycles. The van der Waals surface area contributed by atoms with Gasteiger partial charge < -0.3 is 19.9 Å². The van der Waals surface area contributed by atoms with Gasteiger partial charge in [0.05, 0.1) is 7.11 Å². The fourth-order valence-corrected chi connectivity index (χ4v) is 3.89. The van der Waals surface area contributed by atoms with Gasteiger partial charge in [0, 0.05) is 53.7 Å². The highest BCUT2D eigenvalue weighted by Crippen LogP contribution is 2.22. The lowest BCUT2D eigenvalue weighted by molar-refractivity contribution is 0.0746. The molecule has 4 rings (SSSR count). The first-order chi connectivity index (χ1) is 15.0. The Labute approximate surface area is 190 Å². The number of halogens is 1. The average Bonchev–Trinajstić information content (AvgIpc) is 2.79. The number of amides is 1. The fraction of sp³-hybridized carbons (Fsp3) is 0.261. The zero-order valence-corrected chi connectivity index (χ0v) is 19.1. The van der Waals surface area contributed by atoms with E-state index in [0.29, 0.717) is 37.7 Å². The van der Waals surface area contributed by atoms with Crippen molar-refractivity contribution in [2.75, 3.05) is 43.5 Å². The third kappa shape index (κ3) is 5.14. The van der Waals surface area contributed by atoms with Gasteiger partial charge in [0.15, 0.2) is 0 Å². The number of methoxy groups -OCH3 is 1. The van der Waals surface area contributed by atoms with Crippen molar-refractivity contribution in [3.8, 4) is 5.75 Å². The number of anilines is 3. The molecule has 1 fully saturated rings. The first-order valence-corrected chi connectivity index (χ1v) is 10.9. The molecular formula is C23H24BrN5O2. The van der Waals surface area contributed by atoms with E-state index in [4.69, 9.17) is 9.72 Å². The molecule has 160 valence electrons. The fourth-order valence-electron chi connectivity index (χ4n) is 3.49. The molecule has 1 aliphatic rings. The third-order valence-electron chi connectivity index (χ3n) is 5.13. The highest BCUT2D eigenvalue weighted by atomic mass is 79.9. The summed E-state index contributed by atoms with van der Waals surface area (Å²) in [6, 6.07) is 17.1. The number of hydrogen-bond acceptors (Lipinski definition) is 6. The van der Waals surface area contributed by atoms with Gasteiger partial charge in [0.25, 0.3) is 5.91 Å². The van der Waals surface area contributed by atoms with Gasteiger partial charge in [0.2, 0.25) is 5.95 Å². The summed E-state index contributed by atoms with van der Waals surface area (Å²) in [6.07, 6.45) is 0. The molecule has 0 spiro atoms. The standard InChI is InChI=1S/C23H24BrN5O2/c1-16-14-21(26-19-6-8-20(31-2)9-7-19)27-23(25-16)29-12-10-28(11-13-29)22(30)17-4-3-5-18(24)15-17/h3-9,14-15H,10-13H2,1-2H3,(H,25,26,27). The number of ether oxygens (including phenoxy) is 1. The maximum atomic E-state index is 12.8. The first kappa shape index (κ1) is 21.1. The normalized spacial score (nSPS) is 13.8. The summed E-state index contributed by atoms with van der Waals surface area (Å²) in [7, 11) is 1.65. The molecular weight excluding hydrogens is 458 g/mol. The molecule has 1 aliphatic heterocycles. The predicted molar refractivity (Wildman–Crippen MR) is 125 cm³/mol. The zero-order valence-electron chi connectivity index (χ0n) is 17.5. The van der Waals surface area contributed by atoms with Crippen molar-refractivity contribution in [1.82, 2.24) is 14.9 Å². The van der Waals surface area contributed by atoms with Crippen molar-refractivity contribution in [1.29, 1.82) is 0 Å². The van der Waals surface area contributed by atoms with E-state index in [2.05, 4.69) is 31.1 Å². The summed E-state index contributed by atoms with van der Waals surface area (Å²) in [5.41, 5.74) is 2.50. The highest BCUT2D eigenvalue weighted by molar-refractivity contribution is 9.10. The first-order valence-electron chi connectivity index (χ1n) is 10.1. The van der Waals surface area contributed by atoms with E-state index in [1.165, 1.54) is 0 Å². The topological polar surface area (TPSA) is 70.6 Å². The lowest BCUT2D eigenvalue weighted by atomic mass is 10.2. The van der Waals surface area contributed by atoms with Crippen LogP contribution in [0.3, 0.4) is 0 Å². The van der Waals surface area contributed by atoms with Crippen molar-refractivity contribution >= 4 is 39.3 Å². The van der Waals surface area contributed by atoms with Crippen LogP contribution in [-0.4, -0.2) is 54.1 Å². The monoisotopic (exact) mass is 481 g/mol. The van der Waals surface area contributed by atoms with Gasteiger partial charge in [-0.3, -0.25) is 4.79 Å². The summed E-state index contributed by atoms with van der Waals surface area (Å²) in [5, 5.41) is 3.33. The summed E-state index contributed by atoms with van der Waals surface area (Å²) < 4.78 is 6.11. The minimum atomic E-state index is 0.0490. The summed E-state index contributed by atoms with van der Waals surface area (Å²) >= 11 is 3.43. The van der Waals surface area contributed by atoms with Gasteiger partial charge in [-0.05, 0) is 49.4 Å². The Morgan fingerprint density at radius 3 is 2.45 bits per heavy atom. The van der Waals surface area contributed by atoms with E-state index in [9.17, 15) is 4.79 Å². The van der Waals surface area contributed by atoms with Crippen LogP contribution < -0.4 is 15.0 Å². The molecule has 1 aromatic heterocycles. The number of aryl methyl sites for hydroxylation is 1. The molecule has 7 nitrogen and oxygen atoms in total. The molecule has 1 amide bonds. The second-order valence-electron chi connectivity index (χ2n) is 7.34. The SMILES string of the molecule is COc1ccc(Nc2cc(C)nc(N3CCN(C(=O)c4cccc(Br)c4)CC3)n2)cc1. The predicted octanol–water partition coefficient (Wildman–Crippen LogP) is 4.26. The molecule has 0 saturated carbocycles. The van der Waals surface area contributed by atoms with Crippen LogP contribution in [0.2, 0.25) is 0 Å². The Morgan fingerprint density at radius 2 is 1.77 bits per heavy atom. The van der Waals surface area contributed by atoms with E-state index in [0.717, 1.165) is 27.4 Å². The van der Waals surface area contributed by atoms with Crippen LogP contribution in [0.4, 0.5) is 17.5 Å². The highest BCUT2D eigenvalue weighted by Gasteiger charge is 2.24. The van der Waals surface area contributed by atoms with Crippen molar-refractivity contribution < 1.29 is 9.53 Å². The van der Waals surface area contributed by atoms with E-state index >= 15 is 0 Å². The Bertz CT molecular complexity index is 1070. The van der Waals surface area contributed by atoms with Gasteiger partial charge in [-0.15, -0.1) is 0 Å². The molecule has 0 radical (unpaired) electrons. The van der Waals surface area contributed by atoms with Crippen LogP contribution in [-0.2, 0) is 0 Å². The number of piperazine rings is 1. The van der Waals surface area contributed by atoms with Crippen LogP contribution in [0.25, 0.3) is 0 Å². The van der Waals surface area contributed by atoms with Crippen LogP contribution in [0.5, 0.6) is 5.75 Å². The number of nitrogens with one attached hydrogen (secondary N) is 1. The minimum absolute atomic E-state index is 0.0490. The Balaban J connectivity index is 1.42. The van der Waals surface area contributed by atoms with E-state index < -0.39 is 0 Å². The van der Waals surface area contributed by atoms with Crippen molar-refractivity contribution in [2.45, 2.75) is 6.92 Å². The van der Waals surface area contributed by atoms with Crippen molar-refractivity contribution in [2.24, 2.45) is 0 Å². The number of carbonyl (C=O) groups is 1. The molecule has 0 bridgehead atoms. The number of benzene rings is 2. The largest absolute Gasteiger partial charge is 0.497 e. The molecule has 0 atom stereocenters. The smallest absolute Gasteiger partial charge is 0.254 e. The van der Waals surface area contributed by atoms with E-state index in [-0.39, 0.29) is 5.91 Å². The Hall–Kier alpha value is -3.13. The van der Waals surface area contributed by atoms with Gasteiger partial charge in [-0.1, -0.05) is 22.0 Å². The summed E-state index contributed by atoms with van der Waals surface area (Å²) in [5.74, 6) is 2.26. The minimum Gasteiger partial charge on any atom is -0.497 e. The maximum Gasteiger partial charge on any atom is 0.254 e. The number of aromatic nitrogens is 2. The second kappa shape index (κ2) is 9.34. The Morgan fingerprint density at radius 1 is 1.03 bits per heavy atom. The van der Waals surface area contributed by atoms with Crippen LogP contribution in [0.1, 0.15) is 16.1 Å². The molecule has 2 heterocycles.